The van der Waals surface area contributed by atoms with Gasteiger partial charge < -0.3 is 9.64 Å². The third-order valence-corrected chi connectivity index (χ3v) is 7.98. The predicted molar refractivity (Wildman–Crippen MR) is 141 cm³/mol. The number of fused-ring (bicyclic) bond motifs is 3. The molecular weight excluding hydrogens is 462 g/mol. The molecule has 2 aromatic carbocycles. The maximum atomic E-state index is 13.5. The van der Waals surface area contributed by atoms with Crippen molar-refractivity contribution in [1.82, 2.24) is 24.3 Å². The number of benzene rings is 2. The Labute approximate surface area is 214 Å². The molecule has 1 aliphatic heterocycles. The lowest BCUT2D eigenvalue weighted by Crippen LogP contribution is -2.39. The fourth-order valence-corrected chi connectivity index (χ4v) is 6.03. The van der Waals surface area contributed by atoms with Gasteiger partial charge in [-0.25, -0.2) is 9.97 Å². The van der Waals surface area contributed by atoms with Crippen molar-refractivity contribution in [3.05, 3.63) is 107 Å². The van der Waals surface area contributed by atoms with Crippen LogP contribution in [-0.2, 0) is 10.2 Å². The Morgan fingerprint density at radius 2 is 1.89 bits per heavy atom. The lowest BCUT2D eigenvalue weighted by Gasteiger charge is -2.31. The fourth-order valence-electron chi connectivity index (χ4n) is 6.03. The lowest BCUT2D eigenvalue weighted by atomic mass is 9.91. The molecular formula is C30H27N5O2. The molecule has 0 radical (unpaired) electrons. The van der Waals surface area contributed by atoms with Crippen molar-refractivity contribution in [2.24, 2.45) is 0 Å². The Kier molecular flexibility index (Phi) is 4.91. The van der Waals surface area contributed by atoms with Crippen LogP contribution in [0.3, 0.4) is 0 Å². The molecule has 37 heavy (non-hydrogen) atoms. The molecule has 1 unspecified atom stereocenters. The summed E-state index contributed by atoms with van der Waals surface area (Å²) in [5.74, 6) is 0.695. The minimum absolute atomic E-state index is 0.0273. The average molecular weight is 490 g/mol. The highest BCUT2D eigenvalue weighted by atomic mass is 16.5. The standard InChI is InChI=1S/C30H27N5O2/c1-19(18-37-2)35-27(23-7-3-4-8-24(23)28(35)36)21-15-32-29-33-16-26(34(29)17-21)30(11-12-30)22-9-10-25-20(14-22)6-5-13-31-25/h3-10,13-17,19,27H,11-12,18H2,1-2H3/t19-,27?/m0/s1. The first kappa shape index (κ1) is 22.1. The van der Waals surface area contributed by atoms with E-state index in [1.807, 2.05) is 60.7 Å². The zero-order chi connectivity index (χ0) is 25.1. The topological polar surface area (TPSA) is 72.6 Å². The van der Waals surface area contributed by atoms with Gasteiger partial charge in [0.1, 0.15) is 0 Å². The molecule has 0 bridgehead atoms. The van der Waals surface area contributed by atoms with Gasteiger partial charge in [0.25, 0.3) is 5.91 Å². The number of hydrogen-bond donors (Lipinski definition) is 0. The Balaban J connectivity index is 1.35. The molecule has 3 aromatic heterocycles. The average Bonchev–Trinajstić information content (AvgIpc) is 3.53. The van der Waals surface area contributed by atoms with Crippen LogP contribution in [0.5, 0.6) is 0 Å². The van der Waals surface area contributed by atoms with Crippen LogP contribution in [-0.4, -0.2) is 49.9 Å². The van der Waals surface area contributed by atoms with Crippen LogP contribution in [0.25, 0.3) is 16.7 Å². The van der Waals surface area contributed by atoms with Gasteiger partial charge in [-0.1, -0.05) is 30.3 Å². The maximum Gasteiger partial charge on any atom is 0.255 e. The molecule has 1 amide bonds. The number of ether oxygens (including phenoxy) is 1. The van der Waals surface area contributed by atoms with Crippen molar-refractivity contribution in [3.63, 3.8) is 0 Å². The highest BCUT2D eigenvalue weighted by molar-refractivity contribution is 6.00. The van der Waals surface area contributed by atoms with Crippen molar-refractivity contribution >= 4 is 22.6 Å². The first-order chi connectivity index (χ1) is 18.1. The number of aromatic nitrogens is 4. The molecule has 1 aliphatic carbocycles. The Morgan fingerprint density at radius 1 is 1.05 bits per heavy atom. The van der Waals surface area contributed by atoms with E-state index in [0.717, 1.165) is 46.1 Å². The van der Waals surface area contributed by atoms with Crippen LogP contribution in [0.15, 0.2) is 79.4 Å². The van der Waals surface area contributed by atoms with Crippen LogP contribution in [0.2, 0.25) is 0 Å². The smallest absolute Gasteiger partial charge is 0.255 e. The Bertz CT molecular complexity index is 1670. The summed E-state index contributed by atoms with van der Waals surface area (Å²) in [6, 6.07) is 18.2. The highest BCUT2D eigenvalue weighted by Crippen LogP contribution is 2.54. The molecule has 7 heteroatoms. The van der Waals surface area contributed by atoms with E-state index >= 15 is 0 Å². The molecule has 7 rings (SSSR count). The van der Waals surface area contributed by atoms with Crippen molar-refractivity contribution in [2.45, 2.75) is 37.3 Å². The third-order valence-electron chi connectivity index (χ3n) is 7.98. The third kappa shape index (κ3) is 3.30. The van der Waals surface area contributed by atoms with Crippen molar-refractivity contribution in [3.8, 4) is 0 Å². The molecule has 5 aromatic rings. The second kappa shape index (κ2) is 8.21. The summed E-state index contributed by atoms with van der Waals surface area (Å²) in [6.07, 6.45) is 9.89. The summed E-state index contributed by atoms with van der Waals surface area (Å²) in [4.78, 5) is 29.3. The minimum atomic E-state index is -0.233. The largest absolute Gasteiger partial charge is 0.383 e. The first-order valence-electron chi connectivity index (χ1n) is 12.7. The quantitative estimate of drug-likeness (QED) is 0.338. The molecule has 0 spiro atoms. The van der Waals surface area contributed by atoms with Crippen molar-refractivity contribution in [2.75, 3.05) is 13.7 Å². The molecule has 0 N–H and O–H groups in total. The van der Waals surface area contributed by atoms with Gasteiger partial charge in [-0.15, -0.1) is 0 Å². The van der Waals surface area contributed by atoms with Gasteiger partial charge in [0.2, 0.25) is 5.78 Å². The highest BCUT2D eigenvalue weighted by Gasteiger charge is 2.48. The van der Waals surface area contributed by atoms with Crippen molar-refractivity contribution < 1.29 is 9.53 Å². The van der Waals surface area contributed by atoms with E-state index in [4.69, 9.17) is 9.72 Å². The maximum absolute atomic E-state index is 13.5. The number of carbonyl (C=O) groups excluding carboxylic acids is 1. The molecule has 1 fully saturated rings. The second-order valence-corrected chi connectivity index (χ2v) is 10.2. The number of imidazole rings is 1. The van der Waals surface area contributed by atoms with Gasteiger partial charge in [-0.3, -0.25) is 14.2 Å². The number of rotatable bonds is 6. The van der Waals surface area contributed by atoms with E-state index < -0.39 is 0 Å². The Morgan fingerprint density at radius 3 is 2.73 bits per heavy atom. The first-order valence-corrected chi connectivity index (χ1v) is 12.7. The normalized spacial score (nSPS) is 18.9. The molecule has 4 heterocycles. The minimum Gasteiger partial charge on any atom is -0.383 e. The van der Waals surface area contributed by atoms with E-state index in [2.05, 4.69) is 44.8 Å². The zero-order valence-electron chi connectivity index (χ0n) is 20.8. The van der Waals surface area contributed by atoms with E-state index in [0.29, 0.717) is 12.4 Å². The van der Waals surface area contributed by atoms with E-state index in [9.17, 15) is 4.79 Å². The fraction of sp³-hybridized carbons (Fsp3) is 0.267. The van der Waals surface area contributed by atoms with Crippen LogP contribution >= 0.6 is 0 Å². The predicted octanol–water partition coefficient (Wildman–Crippen LogP) is 4.94. The van der Waals surface area contributed by atoms with Gasteiger partial charge in [0, 0.05) is 47.6 Å². The van der Waals surface area contributed by atoms with Crippen LogP contribution in [0.4, 0.5) is 0 Å². The molecule has 7 nitrogen and oxygen atoms in total. The number of hydrogen-bond acceptors (Lipinski definition) is 5. The summed E-state index contributed by atoms with van der Waals surface area (Å²) >= 11 is 0. The van der Waals surface area contributed by atoms with Gasteiger partial charge in [0.05, 0.1) is 36.1 Å². The van der Waals surface area contributed by atoms with Gasteiger partial charge in [0.15, 0.2) is 0 Å². The molecule has 184 valence electrons. The molecule has 1 saturated carbocycles. The summed E-state index contributed by atoms with van der Waals surface area (Å²) < 4.78 is 7.55. The van der Waals surface area contributed by atoms with E-state index in [-0.39, 0.29) is 23.4 Å². The summed E-state index contributed by atoms with van der Waals surface area (Å²) in [5, 5.41) is 1.14. The van der Waals surface area contributed by atoms with Gasteiger partial charge >= 0.3 is 0 Å². The summed E-state index contributed by atoms with van der Waals surface area (Å²) in [5.41, 5.74) is 6.01. The van der Waals surface area contributed by atoms with Gasteiger partial charge in [-0.05, 0) is 55.2 Å². The Hall–Kier alpha value is -4.10. The lowest BCUT2D eigenvalue weighted by molar-refractivity contribution is 0.0534. The number of amides is 1. The van der Waals surface area contributed by atoms with Crippen LogP contribution in [0.1, 0.15) is 58.5 Å². The van der Waals surface area contributed by atoms with Crippen LogP contribution < -0.4 is 0 Å². The van der Waals surface area contributed by atoms with Gasteiger partial charge in [-0.2, -0.15) is 0 Å². The van der Waals surface area contributed by atoms with E-state index in [1.165, 1.54) is 5.56 Å². The zero-order valence-corrected chi connectivity index (χ0v) is 20.8. The monoisotopic (exact) mass is 489 g/mol. The number of methoxy groups -OCH3 is 1. The van der Waals surface area contributed by atoms with E-state index in [1.54, 1.807) is 7.11 Å². The summed E-state index contributed by atoms with van der Waals surface area (Å²) in [7, 11) is 1.67. The van der Waals surface area contributed by atoms with Crippen molar-refractivity contribution in [1.29, 1.82) is 0 Å². The molecule has 2 aliphatic rings. The van der Waals surface area contributed by atoms with Crippen LogP contribution in [0, 0.1) is 0 Å². The molecule has 0 saturated heterocycles. The second-order valence-electron chi connectivity index (χ2n) is 10.2. The number of nitrogens with zero attached hydrogens (tertiary/aromatic N) is 5. The number of pyridine rings is 1. The number of carbonyl (C=O) groups is 1. The SMILES string of the molecule is COC[C@H](C)N1C(=O)c2ccccc2C1c1cnc2ncc(C3(c4ccc5ncccc5c4)CC3)n2c1. The summed E-state index contributed by atoms with van der Waals surface area (Å²) in [6.45, 7) is 2.49. The molecule has 2 atom stereocenters.